The highest BCUT2D eigenvalue weighted by molar-refractivity contribution is 14.0. The van der Waals surface area contributed by atoms with Gasteiger partial charge in [-0.25, -0.2) is 4.39 Å². The van der Waals surface area contributed by atoms with Gasteiger partial charge in [-0.2, -0.15) is 0 Å². The Morgan fingerprint density at radius 2 is 2.04 bits per heavy atom. The smallest absolute Gasteiger partial charge is 0.190 e. The molecule has 0 bridgehead atoms. The summed E-state index contributed by atoms with van der Waals surface area (Å²) in [5.41, 5.74) is 1.62. The van der Waals surface area contributed by atoms with Gasteiger partial charge in [0.05, 0.1) is 6.61 Å². The predicted molar refractivity (Wildman–Crippen MR) is 105 cm³/mol. The van der Waals surface area contributed by atoms with Crippen LogP contribution in [-0.4, -0.2) is 32.9 Å². The Morgan fingerprint density at radius 1 is 1.29 bits per heavy atom. The quantitative estimate of drug-likeness (QED) is 0.397. The lowest BCUT2D eigenvalue weighted by Crippen LogP contribution is -2.39. The Bertz CT molecular complexity index is 553. The van der Waals surface area contributed by atoms with Gasteiger partial charge in [0.1, 0.15) is 11.6 Å². The van der Waals surface area contributed by atoms with Crippen LogP contribution in [0.15, 0.2) is 17.1 Å². The molecule has 2 rings (SSSR count). The van der Waals surface area contributed by atoms with E-state index in [0.717, 1.165) is 35.8 Å². The van der Waals surface area contributed by atoms with Crippen LogP contribution in [0, 0.1) is 11.7 Å². The zero-order chi connectivity index (χ0) is 16.7. The van der Waals surface area contributed by atoms with Crippen molar-refractivity contribution in [2.75, 3.05) is 26.9 Å². The largest absolute Gasteiger partial charge is 0.467 e. The van der Waals surface area contributed by atoms with E-state index in [2.05, 4.69) is 29.5 Å². The van der Waals surface area contributed by atoms with Crippen molar-refractivity contribution in [1.29, 1.82) is 0 Å². The predicted octanol–water partition coefficient (Wildman–Crippen LogP) is 3.06. The molecule has 0 saturated heterocycles. The first kappa shape index (κ1) is 21.0. The molecule has 0 aliphatic carbocycles. The van der Waals surface area contributed by atoms with Crippen LogP contribution < -0.4 is 15.4 Å². The summed E-state index contributed by atoms with van der Waals surface area (Å²) in [7, 11) is 1.75. The van der Waals surface area contributed by atoms with E-state index in [1.165, 1.54) is 12.1 Å². The van der Waals surface area contributed by atoms with E-state index in [1.54, 1.807) is 7.05 Å². The van der Waals surface area contributed by atoms with Crippen molar-refractivity contribution >= 4 is 29.9 Å². The van der Waals surface area contributed by atoms with E-state index in [0.29, 0.717) is 25.5 Å². The molecule has 0 spiro atoms. The van der Waals surface area contributed by atoms with Crippen LogP contribution in [0.4, 0.5) is 4.39 Å². The van der Waals surface area contributed by atoms with Gasteiger partial charge < -0.3 is 20.1 Å². The van der Waals surface area contributed by atoms with Crippen LogP contribution in [0.5, 0.6) is 5.75 Å². The summed E-state index contributed by atoms with van der Waals surface area (Å²) < 4.78 is 24.4. The molecule has 1 heterocycles. The van der Waals surface area contributed by atoms with Gasteiger partial charge in [0, 0.05) is 25.7 Å². The normalized spacial score (nSPS) is 13.8. The molecule has 136 valence electrons. The number of benzene rings is 1. The van der Waals surface area contributed by atoms with Crippen LogP contribution in [0.1, 0.15) is 31.4 Å². The Kier molecular flexibility index (Phi) is 9.35. The van der Waals surface area contributed by atoms with Crippen molar-refractivity contribution in [3.63, 3.8) is 0 Å². The molecule has 1 aromatic rings. The lowest BCUT2D eigenvalue weighted by atomic mass is 10.1. The van der Waals surface area contributed by atoms with E-state index in [-0.39, 0.29) is 36.6 Å². The minimum absolute atomic E-state index is 0. The highest BCUT2D eigenvalue weighted by Crippen LogP contribution is 2.29. The molecule has 1 aliphatic rings. The molecule has 0 fully saturated rings. The summed E-state index contributed by atoms with van der Waals surface area (Å²) in [6.45, 7) is 6.53. The first-order valence-corrected chi connectivity index (χ1v) is 8.06. The Hall–Kier alpha value is -1.09. The number of halogens is 2. The zero-order valence-electron chi connectivity index (χ0n) is 14.5. The molecule has 1 aliphatic heterocycles. The van der Waals surface area contributed by atoms with Gasteiger partial charge in [-0.15, -0.1) is 24.0 Å². The Balaban J connectivity index is 0.00000288. The molecule has 1 aromatic carbocycles. The van der Waals surface area contributed by atoms with Crippen LogP contribution >= 0.6 is 24.0 Å². The fraction of sp³-hybridized carbons (Fsp3) is 0.588. The second-order valence-electron chi connectivity index (χ2n) is 6.02. The summed E-state index contributed by atoms with van der Waals surface area (Å²) in [6, 6.07) is 3.00. The maximum absolute atomic E-state index is 13.7. The molecule has 7 heteroatoms. The summed E-state index contributed by atoms with van der Waals surface area (Å²) in [4.78, 5) is 4.19. The van der Waals surface area contributed by atoms with Crippen molar-refractivity contribution < 1.29 is 13.9 Å². The number of hydrogen-bond acceptors (Lipinski definition) is 3. The molecule has 0 amide bonds. The molecule has 0 unspecified atom stereocenters. The SMILES string of the molecule is CN=C(NCCc1cc(F)cc2c1OCOC2)NCCC(C)C.I. The van der Waals surface area contributed by atoms with Gasteiger partial charge in [-0.1, -0.05) is 13.8 Å². The van der Waals surface area contributed by atoms with Gasteiger partial charge in [0.25, 0.3) is 0 Å². The first-order chi connectivity index (χ1) is 11.1. The van der Waals surface area contributed by atoms with E-state index in [1.807, 2.05) is 0 Å². The van der Waals surface area contributed by atoms with E-state index < -0.39 is 0 Å². The standard InChI is InChI=1S/C17H26FN3O2.HI/c1-12(2)4-6-20-17(19-3)21-7-5-13-8-15(18)9-14-10-22-11-23-16(13)14;/h8-9,12H,4-7,10-11H2,1-3H3,(H2,19,20,21);1H. The third kappa shape index (κ3) is 6.43. The average Bonchev–Trinajstić information content (AvgIpc) is 2.52. The molecule has 0 radical (unpaired) electrons. The van der Waals surface area contributed by atoms with Crippen molar-refractivity contribution in [3.8, 4) is 5.75 Å². The minimum atomic E-state index is -0.257. The lowest BCUT2D eigenvalue weighted by Gasteiger charge is -2.21. The minimum Gasteiger partial charge on any atom is -0.467 e. The number of nitrogens with zero attached hydrogens (tertiary/aromatic N) is 1. The molecule has 5 nitrogen and oxygen atoms in total. The molecular weight excluding hydrogens is 424 g/mol. The number of guanidine groups is 1. The molecule has 0 atom stereocenters. The van der Waals surface area contributed by atoms with Crippen LogP contribution in [0.2, 0.25) is 0 Å². The Labute approximate surface area is 160 Å². The summed E-state index contributed by atoms with van der Waals surface area (Å²) in [6.07, 6.45) is 1.75. The molecule has 2 N–H and O–H groups in total. The summed E-state index contributed by atoms with van der Waals surface area (Å²) >= 11 is 0. The number of fused-ring (bicyclic) bond motifs is 1. The molecule has 24 heavy (non-hydrogen) atoms. The number of nitrogens with one attached hydrogen (secondary N) is 2. The van der Waals surface area contributed by atoms with Gasteiger partial charge in [0.15, 0.2) is 12.8 Å². The fourth-order valence-electron chi connectivity index (χ4n) is 2.46. The van der Waals surface area contributed by atoms with Crippen LogP contribution in [0.25, 0.3) is 0 Å². The summed E-state index contributed by atoms with van der Waals surface area (Å²) in [5, 5.41) is 6.52. The number of hydrogen-bond donors (Lipinski definition) is 2. The number of aliphatic imine (C=N–C) groups is 1. The highest BCUT2D eigenvalue weighted by atomic mass is 127. The maximum Gasteiger partial charge on any atom is 0.190 e. The maximum atomic E-state index is 13.7. The number of ether oxygens (including phenoxy) is 2. The average molecular weight is 451 g/mol. The third-order valence-corrected chi connectivity index (χ3v) is 3.68. The zero-order valence-corrected chi connectivity index (χ0v) is 16.9. The highest BCUT2D eigenvalue weighted by Gasteiger charge is 2.16. The van der Waals surface area contributed by atoms with E-state index in [9.17, 15) is 4.39 Å². The van der Waals surface area contributed by atoms with E-state index >= 15 is 0 Å². The first-order valence-electron chi connectivity index (χ1n) is 8.06. The second-order valence-corrected chi connectivity index (χ2v) is 6.02. The molecule has 0 aromatic heterocycles. The second kappa shape index (κ2) is 10.7. The van der Waals surface area contributed by atoms with Gasteiger partial charge in [-0.05, 0) is 36.5 Å². The van der Waals surface area contributed by atoms with Crippen LogP contribution in [-0.2, 0) is 17.8 Å². The monoisotopic (exact) mass is 451 g/mol. The van der Waals surface area contributed by atoms with E-state index in [4.69, 9.17) is 9.47 Å². The van der Waals surface area contributed by atoms with Crippen LogP contribution in [0.3, 0.4) is 0 Å². The third-order valence-electron chi connectivity index (χ3n) is 3.68. The van der Waals surface area contributed by atoms with Gasteiger partial charge >= 0.3 is 0 Å². The van der Waals surface area contributed by atoms with Crippen molar-refractivity contribution in [3.05, 3.63) is 29.1 Å². The lowest BCUT2D eigenvalue weighted by molar-refractivity contribution is -0.0172. The Morgan fingerprint density at radius 3 is 2.75 bits per heavy atom. The van der Waals surface area contributed by atoms with Gasteiger partial charge in [0.2, 0.25) is 0 Å². The molecule has 0 saturated carbocycles. The topological polar surface area (TPSA) is 54.9 Å². The van der Waals surface area contributed by atoms with Crippen molar-refractivity contribution in [1.82, 2.24) is 10.6 Å². The van der Waals surface area contributed by atoms with Gasteiger partial charge in [-0.3, -0.25) is 4.99 Å². The van der Waals surface area contributed by atoms with Crippen molar-refractivity contribution in [2.45, 2.75) is 33.3 Å². The number of rotatable bonds is 6. The molecular formula is C17H27FIN3O2. The van der Waals surface area contributed by atoms with Crippen molar-refractivity contribution in [2.24, 2.45) is 10.9 Å². The summed E-state index contributed by atoms with van der Waals surface area (Å²) in [5.74, 6) is 1.91. The fourth-order valence-corrected chi connectivity index (χ4v) is 2.46.